The first-order chi connectivity index (χ1) is 25.5. The summed E-state index contributed by atoms with van der Waals surface area (Å²) < 4.78 is 9.06. The number of rotatable bonds is 4. The number of hydrogen-bond acceptors (Lipinski definition) is 3. The van der Waals surface area contributed by atoms with Crippen molar-refractivity contribution in [2.24, 2.45) is 0 Å². The molecular formula is C49H33NOS. The lowest BCUT2D eigenvalue weighted by Crippen LogP contribution is -2.16. The number of nitrogens with zero attached hydrogens (tertiary/aromatic N) is 1. The van der Waals surface area contributed by atoms with Crippen molar-refractivity contribution in [3.8, 4) is 22.3 Å². The monoisotopic (exact) mass is 683 g/mol. The van der Waals surface area contributed by atoms with E-state index in [1.165, 1.54) is 69.8 Å². The maximum absolute atomic E-state index is 6.44. The van der Waals surface area contributed by atoms with Gasteiger partial charge in [0.2, 0.25) is 0 Å². The van der Waals surface area contributed by atoms with E-state index in [-0.39, 0.29) is 5.41 Å². The van der Waals surface area contributed by atoms with Gasteiger partial charge in [0, 0.05) is 53.3 Å². The summed E-state index contributed by atoms with van der Waals surface area (Å²) in [6, 6.07) is 59.9. The summed E-state index contributed by atoms with van der Waals surface area (Å²) in [5.41, 5.74) is 12.9. The number of thiophene rings is 1. The minimum Gasteiger partial charge on any atom is -0.456 e. The van der Waals surface area contributed by atoms with E-state index in [0.29, 0.717) is 0 Å². The number of anilines is 3. The molecule has 10 aromatic rings. The standard InChI is InChI=1S/C49H33NOS/c1-49(2)40-17-8-5-15-36(40)48-41(49)18-11-19-42(48)50(32-26-27-46-39(28-32)34-13-7-10-21-45(34)52-46)31-24-22-30(23-25-31)38-29-44-47(35-14-4-3-12-33(35)38)37-16-6-9-20-43(37)51-44/h3-29H,1-2H3. The first-order valence-corrected chi connectivity index (χ1v) is 18.7. The number of benzene rings is 8. The normalized spacial score (nSPS) is 13.3. The highest BCUT2D eigenvalue weighted by Crippen LogP contribution is 2.54. The van der Waals surface area contributed by atoms with Gasteiger partial charge in [-0.3, -0.25) is 0 Å². The molecule has 8 aromatic carbocycles. The molecular weight excluding hydrogens is 651 g/mol. The fraction of sp³-hybridized carbons (Fsp3) is 0.0612. The summed E-state index contributed by atoms with van der Waals surface area (Å²) in [6.45, 7) is 4.71. The van der Waals surface area contributed by atoms with Crippen LogP contribution in [0, 0.1) is 0 Å². The second-order valence-corrected chi connectivity index (χ2v) is 15.6. The lowest BCUT2D eigenvalue weighted by atomic mass is 9.82. The zero-order chi connectivity index (χ0) is 34.6. The van der Waals surface area contributed by atoms with Crippen LogP contribution in [0.2, 0.25) is 0 Å². The Bertz CT molecular complexity index is 3050. The van der Waals surface area contributed by atoms with Crippen LogP contribution in [0.25, 0.3) is 75.1 Å². The van der Waals surface area contributed by atoms with Gasteiger partial charge in [0.25, 0.3) is 0 Å². The molecule has 52 heavy (non-hydrogen) atoms. The van der Waals surface area contributed by atoms with E-state index in [2.05, 4.69) is 176 Å². The molecule has 0 unspecified atom stereocenters. The van der Waals surface area contributed by atoms with E-state index in [9.17, 15) is 0 Å². The summed E-state index contributed by atoms with van der Waals surface area (Å²) in [7, 11) is 0. The van der Waals surface area contributed by atoms with Crippen LogP contribution in [0.5, 0.6) is 0 Å². The van der Waals surface area contributed by atoms with Gasteiger partial charge in [-0.15, -0.1) is 11.3 Å². The average molecular weight is 684 g/mol. The summed E-state index contributed by atoms with van der Waals surface area (Å²) in [5.74, 6) is 0. The fourth-order valence-electron chi connectivity index (χ4n) is 8.82. The molecule has 0 spiro atoms. The van der Waals surface area contributed by atoms with E-state index in [4.69, 9.17) is 4.42 Å². The van der Waals surface area contributed by atoms with Gasteiger partial charge in [-0.05, 0) is 93.2 Å². The minimum absolute atomic E-state index is 0.0959. The summed E-state index contributed by atoms with van der Waals surface area (Å²) in [4.78, 5) is 2.47. The molecule has 2 nitrogen and oxygen atoms in total. The smallest absolute Gasteiger partial charge is 0.136 e. The number of furan rings is 1. The second kappa shape index (κ2) is 10.9. The highest BCUT2D eigenvalue weighted by Gasteiger charge is 2.37. The molecule has 0 saturated carbocycles. The number of fused-ring (bicyclic) bond motifs is 11. The van der Waals surface area contributed by atoms with Crippen LogP contribution in [0.15, 0.2) is 168 Å². The molecule has 3 heteroatoms. The zero-order valence-electron chi connectivity index (χ0n) is 28.9. The van der Waals surface area contributed by atoms with Crippen LogP contribution in [0.4, 0.5) is 17.1 Å². The SMILES string of the molecule is CC1(C)c2ccccc2-c2c(N(c3ccc(-c4cc5oc6ccccc6c5c5ccccc45)cc3)c3ccc4sc5ccccc5c4c3)cccc21. The Kier molecular flexibility index (Phi) is 6.21. The molecule has 0 radical (unpaired) electrons. The second-order valence-electron chi connectivity index (χ2n) is 14.5. The van der Waals surface area contributed by atoms with Crippen molar-refractivity contribution in [3.05, 3.63) is 175 Å². The predicted octanol–water partition coefficient (Wildman–Crippen LogP) is 14.6. The van der Waals surface area contributed by atoms with E-state index >= 15 is 0 Å². The van der Waals surface area contributed by atoms with Crippen molar-refractivity contribution < 1.29 is 4.42 Å². The molecule has 246 valence electrons. The molecule has 2 aromatic heterocycles. The maximum Gasteiger partial charge on any atom is 0.136 e. The Morgan fingerprint density at radius 2 is 1.15 bits per heavy atom. The third-order valence-corrected chi connectivity index (χ3v) is 12.4. The Labute approximate surface area is 305 Å². The van der Waals surface area contributed by atoms with Gasteiger partial charge < -0.3 is 9.32 Å². The molecule has 2 heterocycles. The van der Waals surface area contributed by atoms with Crippen molar-refractivity contribution in [2.45, 2.75) is 19.3 Å². The van der Waals surface area contributed by atoms with Crippen molar-refractivity contribution in [3.63, 3.8) is 0 Å². The van der Waals surface area contributed by atoms with E-state index < -0.39 is 0 Å². The van der Waals surface area contributed by atoms with Crippen molar-refractivity contribution in [2.75, 3.05) is 4.90 Å². The van der Waals surface area contributed by atoms with Crippen LogP contribution in [0.1, 0.15) is 25.0 Å². The van der Waals surface area contributed by atoms with Gasteiger partial charge in [-0.2, -0.15) is 0 Å². The summed E-state index contributed by atoms with van der Waals surface area (Å²) >= 11 is 1.86. The van der Waals surface area contributed by atoms with Gasteiger partial charge in [-0.25, -0.2) is 0 Å². The topological polar surface area (TPSA) is 16.4 Å². The summed E-state index contributed by atoms with van der Waals surface area (Å²) in [6.07, 6.45) is 0. The van der Waals surface area contributed by atoms with E-state index in [1.807, 2.05) is 17.4 Å². The van der Waals surface area contributed by atoms with Crippen molar-refractivity contribution in [1.82, 2.24) is 0 Å². The Morgan fingerprint density at radius 1 is 0.481 bits per heavy atom. The highest BCUT2D eigenvalue weighted by molar-refractivity contribution is 7.25. The molecule has 0 amide bonds. The number of hydrogen-bond donors (Lipinski definition) is 0. The molecule has 0 fully saturated rings. The van der Waals surface area contributed by atoms with E-state index in [1.54, 1.807) is 0 Å². The third-order valence-electron chi connectivity index (χ3n) is 11.3. The van der Waals surface area contributed by atoms with E-state index in [0.717, 1.165) is 33.5 Å². The molecule has 0 N–H and O–H groups in total. The van der Waals surface area contributed by atoms with Crippen molar-refractivity contribution in [1.29, 1.82) is 0 Å². The maximum atomic E-state index is 6.44. The van der Waals surface area contributed by atoms with Gasteiger partial charge >= 0.3 is 0 Å². The number of para-hydroxylation sites is 1. The van der Waals surface area contributed by atoms with Crippen LogP contribution < -0.4 is 4.90 Å². The van der Waals surface area contributed by atoms with Crippen LogP contribution in [0.3, 0.4) is 0 Å². The largest absolute Gasteiger partial charge is 0.456 e. The lowest BCUT2D eigenvalue weighted by Gasteiger charge is -2.29. The first kappa shape index (κ1) is 29.6. The summed E-state index contributed by atoms with van der Waals surface area (Å²) in [5, 5.41) is 7.36. The highest BCUT2D eigenvalue weighted by atomic mass is 32.1. The lowest BCUT2D eigenvalue weighted by molar-refractivity contribution is 0.660. The Hall–Kier alpha value is -6.16. The Morgan fingerprint density at radius 3 is 2.02 bits per heavy atom. The van der Waals surface area contributed by atoms with Crippen LogP contribution >= 0.6 is 11.3 Å². The molecule has 1 aliphatic carbocycles. The van der Waals surface area contributed by atoms with Crippen LogP contribution in [-0.4, -0.2) is 0 Å². The Balaban J connectivity index is 1.13. The molecule has 0 aliphatic heterocycles. The molecule has 11 rings (SSSR count). The quantitative estimate of drug-likeness (QED) is 0.184. The fourth-order valence-corrected chi connectivity index (χ4v) is 9.91. The average Bonchev–Trinajstić information content (AvgIpc) is 3.83. The van der Waals surface area contributed by atoms with Gasteiger partial charge in [0.05, 0.1) is 5.69 Å². The molecule has 0 saturated heterocycles. The first-order valence-electron chi connectivity index (χ1n) is 17.9. The van der Waals surface area contributed by atoms with Gasteiger partial charge in [0.15, 0.2) is 0 Å². The molecule has 0 bridgehead atoms. The molecule has 1 aliphatic rings. The zero-order valence-corrected chi connectivity index (χ0v) is 29.7. The van der Waals surface area contributed by atoms with Crippen molar-refractivity contribution >= 4 is 81.3 Å². The van der Waals surface area contributed by atoms with Gasteiger partial charge in [0.1, 0.15) is 11.2 Å². The third kappa shape index (κ3) is 4.17. The molecule has 0 atom stereocenters. The van der Waals surface area contributed by atoms with Crippen LogP contribution in [-0.2, 0) is 5.41 Å². The van der Waals surface area contributed by atoms with Gasteiger partial charge in [-0.1, -0.05) is 123 Å². The predicted molar refractivity (Wildman–Crippen MR) is 222 cm³/mol. The minimum atomic E-state index is -0.0959.